The normalized spacial score (nSPS) is 12.0. The van der Waals surface area contributed by atoms with Gasteiger partial charge in [-0.05, 0) is 49.1 Å². The molecule has 0 bridgehead atoms. The summed E-state index contributed by atoms with van der Waals surface area (Å²) in [5.74, 6) is 0. The first-order chi connectivity index (χ1) is 13.3. The van der Waals surface area contributed by atoms with Gasteiger partial charge < -0.3 is 10.1 Å². The average Bonchev–Trinajstić information content (AvgIpc) is 2.65. The first-order valence-electron chi connectivity index (χ1n) is 8.81. The summed E-state index contributed by atoms with van der Waals surface area (Å²) in [7, 11) is -3.94. The van der Waals surface area contributed by atoms with Crippen LogP contribution in [0.15, 0.2) is 58.2 Å². The first-order valence-corrected chi connectivity index (χ1v) is 10.6. The first kappa shape index (κ1) is 20.5. The summed E-state index contributed by atoms with van der Waals surface area (Å²) in [4.78, 5) is 15.3. The highest BCUT2D eigenvalue weighted by molar-refractivity contribution is 7.89. The van der Waals surface area contributed by atoms with Gasteiger partial charge >= 0.3 is 0 Å². The smallest absolute Gasteiger partial charge is 0.252 e. The predicted molar refractivity (Wildman–Crippen MR) is 110 cm³/mol. The van der Waals surface area contributed by atoms with Gasteiger partial charge in [0.25, 0.3) is 5.56 Å². The zero-order valence-electron chi connectivity index (χ0n) is 15.4. The van der Waals surface area contributed by atoms with E-state index in [-0.39, 0.29) is 41.6 Å². The Morgan fingerprint density at radius 1 is 1.14 bits per heavy atom. The van der Waals surface area contributed by atoms with Crippen LogP contribution in [0.3, 0.4) is 0 Å². The summed E-state index contributed by atoms with van der Waals surface area (Å²) >= 11 is 6.09. The van der Waals surface area contributed by atoms with Crippen molar-refractivity contribution < 1.29 is 13.5 Å². The molecule has 0 aliphatic carbocycles. The van der Waals surface area contributed by atoms with Crippen molar-refractivity contribution >= 4 is 32.5 Å². The maximum atomic E-state index is 13.1. The standard InChI is InChI=1S/C20H21ClN2O4S/c1-14-7-8-18-15(11-14)12-16(20(25)22-18)13-23(9-4-10-24)28(26,27)19-6-3-2-5-17(19)21/h2-3,5-8,11-12,24H,4,9-10,13H2,1H3,(H,22,25). The van der Waals surface area contributed by atoms with E-state index in [0.29, 0.717) is 11.1 Å². The number of halogens is 1. The van der Waals surface area contributed by atoms with Crippen molar-refractivity contribution in [2.24, 2.45) is 0 Å². The van der Waals surface area contributed by atoms with Crippen LogP contribution in [0.4, 0.5) is 0 Å². The molecule has 0 spiro atoms. The number of aromatic amines is 1. The van der Waals surface area contributed by atoms with E-state index < -0.39 is 10.0 Å². The molecular formula is C20H21ClN2O4S. The van der Waals surface area contributed by atoms with Crippen LogP contribution in [0.5, 0.6) is 0 Å². The van der Waals surface area contributed by atoms with Gasteiger partial charge in [-0.25, -0.2) is 8.42 Å². The molecule has 0 saturated heterocycles. The predicted octanol–water partition coefficient (Wildman–Crippen LogP) is 3.06. The minimum absolute atomic E-state index is 0.0253. The number of aliphatic hydroxyl groups excluding tert-OH is 1. The van der Waals surface area contributed by atoms with Gasteiger partial charge in [-0.1, -0.05) is 35.4 Å². The van der Waals surface area contributed by atoms with E-state index in [9.17, 15) is 18.3 Å². The van der Waals surface area contributed by atoms with E-state index in [4.69, 9.17) is 11.6 Å². The highest BCUT2D eigenvalue weighted by Crippen LogP contribution is 2.25. The Kier molecular flexibility index (Phi) is 6.20. The van der Waals surface area contributed by atoms with Gasteiger partial charge in [0.05, 0.1) is 5.02 Å². The van der Waals surface area contributed by atoms with Crippen molar-refractivity contribution in [3.05, 3.63) is 75.0 Å². The van der Waals surface area contributed by atoms with E-state index in [0.717, 1.165) is 10.9 Å². The van der Waals surface area contributed by atoms with Crippen LogP contribution in [-0.4, -0.2) is 36.0 Å². The van der Waals surface area contributed by atoms with Gasteiger partial charge in [0.2, 0.25) is 10.0 Å². The topological polar surface area (TPSA) is 90.5 Å². The van der Waals surface area contributed by atoms with E-state index in [2.05, 4.69) is 4.98 Å². The maximum Gasteiger partial charge on any atom is 0.252 e. The van der Waals surface area contributed by atoms with E-state index in [1.54, 1.807) is 18.2 Å². The molecule has 6 nitrogen and oxygen atoms in total. The number of rotatable bonds is 7. The van der Waals surface area contributed by atoms with Gasteiger partial charge in [-0.3, -0.25) is 4.79 Å². The van der Waals surface area contributed by atoms with Crippen molar-refractivity contribution in [1.29, 1.82) is 0 Å². The Morgan fingerprint density at radius 3 is 2.61 bits per heavy atom. The van der Waals surface area contributed by atoms with Crippen molar-refractivity contribution in [2.45, 2.75) is 24.8 Å². The molecule has 0 atom stereocenters. The summed E-state index contributed by atoms with van der Waals surface area (Å²) in [6.45, 7) is 1.73. The van der Waals surface area contributed by atoms with E-state index in [1.165, 1.54) is 16.4 Å². The number of aliphatic hydroxyl groups is 1. The molecule has 0 saturated carbocycles. The zero-order valence-corrected chi connectivity index (χ0v) is 16.9. The third kappa shape index (κ3) is 4.28. The van der Waals surface area contributed by atoms with Crippen LogP contribution >= 0.6 is 11.6 Å². The van der Waals surface area contributed by atoms with Crippen LogP contribution in [-0.2, 0) is 16.6 Å². The fourth-order valence-corrected chi connectivity index (χ4v) is 4.95. The molecule has 0 aliphatic heterocycles. The minimum atomic E-state index is -3.94. The number of pyridine rings is 1. The van der Waals surface area contributed by atoms with E-state index >= 15 is 0 Å². The number of hydrogen-bond acceptors (Lipinski definition) is 4. The third-order valence-corrected chi connectivity index (χ3v) is 6.79. The van der Waals surface area contributed by atoms with Crippen LogP contribution in [0.25, 0.3) is 10.9 Å². The van der Waals surface area contributed by atoms with Gasteiger partial charge in [-0.2, -0.15) is 4.31 Å². The minimum Gasteiger partial charge on any atom is -0.396 e. The molecule has 0 unspecified atom stereocenters. The summed E-state index contributed by atoms with van der Waals surface area (Å²) in [5, 5.41) is 10.1. The highest BCUT2D eigenvalue weighted by Gasteiger charge is 2.27. The fraction of sp³-hybridized carbons (Fsp3) is 0.250. The molecule has 3 aromatic rings. The van der Waals surface area contributed by atoms with Gasteiger partial charge in [0.15, 0.2) is 0 Å². The van der Waals surface area contributed by atoms with Gasteiger partial charge in [0, 0.05) is 30.8 Å². The Hall–Kier alpha value is -2.19. The van der Waals surface area contributed by atoms with Crippen molar-refractivity contribution in [3.8, 4) is 0 Å². The largest absolute Gasteiger partial charge is 0.396 e. The van der Waals surface area contributed by atoms with Crippen LogP contribution in [0.1, 0.15) is 17.5 Å². The molecule has 148 valence electrons. The monoisotopic (exact) mass is 420 g/mol. The molecule has 8 heteroatoms. The number of aromatic nitrogens is 1. The summed E-state index contributed by atoms with van der Waals surface area (Å²) < 4.78 is 27.5. The molecule has 28 heavy (non-hydrogen) atoms. The second-order valence-electron chi connectivity index (χ2n) is 6.56. The van der Waals surface area contributed by atoms with E-state index in [1.807, 2.05) is 25.1 Å². The molecular weight excluding hydrogens is 400 g/mol. The van der Waals surface area contributed by atoms with Gasteiger partial charge in [-0.15, -0.1) is 0 Å². The number of H-pyrrole nitrogens is 1. The molecule has 0 aliphatic rings. The average molecular weight is 421 g/mol. The number of nitrogens with zero attached hydrogens (tertiary/aromatic N) is 1. The number of sulfonamides is 1. The lowest BCUT2D eigenvalue weighted by molar-refractivity contribution is 0.267. The molecule has 3 rings (SSSR count). The number of fused-ring (bicyclic) bond motifs is 1. The van der Waals surface area contributed by atoms with Crippen LogP contribution in [0.2, 0.25) is 5.02 Å². The van der Waals surface area contributed by atoms with Crippen molar-refractivity contribution in [2.75, 3.05) is 13.2 Å². The third-order valence-electron chi connectivity index (χ3n) is 4.44. The van der Waals surface area contributed by atoms with Gasteiger partial charge in [0.1, 0.15) is 4.90 Å². The Balaban J connectivity index is 2.04. The quantitative estimate of drug-likeness (QED) is 0.614. The Bertz CT molecular complexity index is 1160. The zero-order chi connectivity index (χ0) is 20.3. The van der Waals surface area contributed by atoms with Crippen molar-refractivity contribution in [3.63, 3.8) is 0 Å². The maximum absolute atomic E-state index is 13.1. The van der Waals surface area contributed by atoms with Crippen molar-refractivity contribution in [1.82, 2.24) is 9.29 Å². The number of nitrogens with one attached hydrogen (secondary N) is 1. The van der Waals surface area contributed by atoms with Crippen LogP contribution in [0, 0.1) is 6.92 Å². The lowest BCUT2D eigenvalue weighted by atomic mass is 10.1. The molecule has 1 heterocycles. The Labute approximate surface area is 168 Å². The van der Waals surface area contributed by atoms with Crippen LogP contribution < -0.4 is 5.56 Å². The lowest BCUT2D eigenvalue weighted by Gasteiger charge is -2.22. The molecule has 0 fully saturated rings. The SMILES string of the molecule is Cc1ccc2[nH]c(=O)c(CN(CCCO)S(=O)(=O)c3ccccc3Cl)cc2c1. The highest BCUT2D eigenvalue weighted by atomic mass is 35.5. The number of hydrogen-bond donors (Lipinski definition) is 2. The Morgan fingerprint density at radius 2 is 1.89 bits per heavy atom. The molecule has 2 N–H and O–H groups in total. The number of aryl methyl sites for hydroxylation is 1. The lowest BCUT2D eigenvalue weighted by Crippen LogP contribution is -2.34. The fourth-order valence-electron chi connectivity index (χ4n) is 3.00. The number of benzene rings is 2. The second-order valence-corrected chi connectivity index (χ2v) is 8.87. The molecule has 1 aromatic heterocycles. The molecule has 0 radical (unpaired) electrons. The summed E-state index contributed by atoms with van der Waals surface area (Å²) in [6.07, 6.45) is 0.244. The molecule has 2 aromatic carbocycles. The second kappa shape index (κ2) is 8.45. The summed E-state index contributed by atoms with van der Waals surface area (Å²) in [6, 6.07) is 13.5. The summed E-state index contributed by atoms with van der Waals surface area (Å²) in [5.41, 5.74) is 1.70. The molecule has 0 amide bonds.